The van der Waals surface area contributed by atoms with Crippen molar-refractivity contribution in [3.8, 4) is 0 Å². The van der Waals surface area contributed by atoms with Crippen LogP contribution in [0.4, 0.5) is 0 Å². The summed E-state index contributed by atoms with van der Waals surface area (Å²) in [7, 11) is -2.92. The van der Waals surface area contributed by atoms with Crippen molar-refractivity contribution in [3.05, 3.63) is 34.9 Å². The van der Waals surface area contributed by atoms with Gasteiger partial charge in [0.25, 0.3) is 5.91 Å². The summed E-state index contributed by atoms with van der Waals surface area (Å²) in [6.07, 6.45) is 1.43. The number of halogens is 1. The molecule has 1 aromatic rings. The summed E-state index contributed by atoms with van der Waals surface area (Å²) >= 11 is 5.89. The van der Waals surface area contributed by atoms with Crippen LogP contribution in [0.25, 0.3) is 0 Å². The molecule has 2 saturated heterocycles. The van der Waals surface area contributed by atoms with E-state index in [0.717, 1.165) is 6.42 Å². The molecular weight excluding hydrogens is 426 g/mol. The number of hydrogen-bond acceptors (Lipinski definition) is 5. The van der Waals surface area contributed by atoms with Crippen LogP contribution in [0.5, 0.6) is 0 Å². The fraction of sp³-hybridized carbons (Fsp3) is 0.619. The maximum absolute atomic E-state index is 13.2. The fourth-order valence-electron chi connectivity index (χ4n) is 4.08. The second-order valence-corrected chi connectivity index (χ2v) is 10.9. The number of hydrogen-bond donors (Lipinski definition) is 1. The highest BCUT2D eigenvalue weighted by Crippen LogP contribution is 2.20. The van der Waals surface area contributed by atoms with Crippen LogP contribution in [0.15, 0.2) is 24.3 Å². The van der Waals surface area contributed by atoms with Crippen LogP contribution in [-0.4, -0.2) is 79.8 Å². The van der Waals surface area contributed by atoms with Gasteiger partial charge in [-0.2, -0.15) is 0 Å². The van der Waals surface area contributed by atoms with Gasteiger partial charge in [-0.05, 0) is 36.6 Å². The second-order valence-electron chi connectivity index (χ2n) is 8.26. The van der Waals surface area contributed by atoms with E-state index in [1.807, 2.05) is 13.8 Å². The van der Waals surface area contributed by atoms with E-state index < -0.39 is 15.9 Å². The zero-order chi connectivity index (χ0) is 21.9. The van der Waals surface area contributed by atoms with Crippen molar-refractivity contribution in [2.24, 2.45) is 5.92 Å². The van der Waals surface area contributed by atoms with Crippen molar-refractivity contribution >= 4 is 33.3 Å². The topological polar surface area (TPSA) is 86.8 Å². The standard InChI is InChI=1S/C21H30ClN3O4S/c1-3-15(2)19(23-20(26)16-4-6-17(22)7-5-16)21(27)25-11-9-24(10-12-25)18-8-13-30(28,29)14-18/h4-7,15,18-19H,3,8-14H2,1-2H3,(H,23,26)/t15-,18?,19-/m0/s1. The summed E-state index contributed by atoms with van der Waals surface area (Å²) in [6.45, 7) is 6.36. The molecule has 1 unspecified atom stereocenters. The maximum atomic E-state index is 13.2. The fourth-order valence-corrected chi connectivity index (χ4v) is 5.96. The maximum Gasteiger partial charge on any atom is 0.251 e. The van der Waals surface area contributed by atoms with Gasteiger partial charge in [-0.3, -0.25) is 14.5 Å². The lowest BCUT2D eigenvalue weighted by Crippen LogP contribution is -2.58. The number of rotatable bonds is 6. The van der Waals surface area contributed by atoms with Crippen LogP contribution in [0.2, 0.25) is 5.02 Å². The van der Waals surface area contributed by atoms with Crippen molar-refractivity contribution in [1.29, 1.82) is 0 Å². The Hall–Kier alpha value is -1.64. The molecule has 7 nitrogen and oxygen atoms in total. The van der Waals surface area contributed by atoms with E-state index in [-0.39, 0.29) is 35.3 Å². The molecule has 2 heterocycles. The van der Waals surface area contributed by atoms with E-state index >= 15 is 0 Å². The predicted molar refractivity (Wildman–Crippen MR) is 117 cm³/mol. The molecule has 0 aromatic heterocycles. The van der Waals surface area contributed by atoms with Gasteiger partial charge in [0.2, 0.25) is 5.91 Å². The molecule has 2 aliphatic heterocycles. The molecule has 0 saturated carbocycles. The number of nitrogens with zero attached hydrogens (tertiary/aromatic N) is 2. The first-order valence-electron chi connectivity index (χ1n) is 10.5. The van der Waals surface area contributed by atoms with Crippen molar-refractivity contribution in [2.75, 3.05) is 37.7 Å². The molecule has 3 atom stereocenters. The molecule has 1 aromatic carbocycles. The normalized spacial score (nSPS) is 23.7. The number of piperazine rings is 1. The highest BCUT2D eigenvalue weighted by molar-refractivity contribution is 7.91. The summed E-state index contributed by atoms with van der Waals surface area (Å²) in [5.41, 5.74) is 0.466. The van der Waals surface area contributed by atoms with E-state index in [0.29, 0.717) is 43.2 Å². The minimum absolute atomic E-state index is 0.00763. The Morgan fingerprint density at radius 1 is 1.17 bits per heavy atom. The smallest absolute Gasteiger partial charge is 0.251 e. The molecule has 2 amide bonds. The average Bonchev–Trinajstić information content (AvgIpc) is 3.11. The van der Waals surface area contributed by atoms with E-state index in [2.05, 4.69) is 10.2 Å². The number of carbonyl (C=O) groups excluding carboxylic acids is 2. The highest BCUT2D eigenvalue weighted by Gasteiger charge is 2.36. The largest absolute Gasteiger partial charge is 0.340 e. The molecule has 0 spiro atoms. The lowest BCUT2D eigenvalue weighted by molar-refractivity contribution is -0.136. The minimum Gasteiger partial charge on any atom is -0.340 e. The van der Waals surface area contributed by atoms with E-state index in [1.54, 1.807) is 29.2 Å². The lowest BCUT2D eigenvalue weighted by atomic mass is 9.97. The third-order valence-corrected chi connectivity index (χ3v) is 8.23. The van der Waals surface area contributed by atoms with Crippen molar-refractivity contribution in [2.45, 2.75) is 38.8 Å². The quantitative estimate of drug-likeness (QED) is 0.707. The van der Waals surface area contributed by atoms with Gasteiger partial charge in [0, 0.05) is 42.8 Å². The Bertz CT molecular complexity index is 867. The summed E-state index contributed by atoms with van der Waals surface area (Å²) in [5, 5.41) is 3.46. The van der Waals surface area contributed by atoms with E-state index in [1.165, 1.54) is 0 Å². The van der Waals surface area contributed by atoms with E-state index in [4.69, 9.17) is 11.6 Å². The number of carbonyl (C=O) groups is 2. The Kier molecular flexibility index (Phi) is 7.42. The van der Waals surface area contributed by atoms with Gasteiger partial charge < -0.3 is 10.2 Å². The molecule has 0 bridgehead atoms. The molecular formula is C21H30ClN3O4S. The van der Waals surface area contributed by atoms with Gasteiger partial charge in [-0.25, -0.2) is 8.42 Å². The van der Waals surface area contributed by atoms with Gasteiger partial charge >= 0.3 is 0 Å². The van der Waals surface area contributed by atoms with Crippen LogP contribution in [-0.2, 0) is 14.6 Å². The molecule has 166 valence electrons. The summed E-state index contributed by atoms with van der Waals surface area (Å²) in [6, 6.07) is 6.05. The molecule has 2 fully saturated rings. The van der Waals surface area contributed by atoms with Crippen molar-refractivity contribution in [3.63, 3.8) is 0 Å². The van der Waals surface area contributed by atoms with Gasteiger partial charge in [0.1, 0.15) is 6.04 Å². The van der Waals surface area contributed by atoms with Crippen molar-refractivity contribution < 1.29 is 18.0 Å². The molecule has 0 radical (unpaired) electrons. The van der Waals surface area contributed by atoms with Crippen molar-refractivity contribution in [1.82, 2.24) is 15.1 Å². The zero-order valence-corrected chi connectivity index (χ0v) is 19.1. The van der Waals surface area contributed by atoms with Gasteiger partial charge in [-0.15, -0.1) is 0 Å². The SMILES string of the molecule is CC[C@H](C)[C@H](NC(=O)c1ccc(Cl)cc1)C(=O)N1CCN(C2CCS(=O)(=O)C2)CC1. The van der Waals surface area contributed by atoms with Crippen LogP contribution in [0.1, 0.15) is 37.0 Å². The zero-order valence-electron chi connectivity index (χ0n) is 17.5. The summed E-state index contributed by atoms with van der Waals surface area (Å²) in [4.78, 5) is 29.9. The van der Waals surface area contributed by atoms with Crippen LogP contribution < -0.4 is 5.32 Å². The minimum atomic E-state index is -2.92. The molecule has 30 heavy (non-hydrogen) atoms. The molecule has 2 aliphatic rings. The molecule has 3 rings (SSSR count). The first-order chi connectivity index (χ1) is 14.2. The number of amides is 2. The molecule has 1 N–H and O–H groups in total. The first kappa shape index (κ1) is 23.0. The Balaban J connectivity index is 1.61. The second kappa shape index (κ2) is 9.66. The summed E-state index contributed by atoms with van der Waals surface area (Å²) < 4.78 is 23.5. The molecule has 0 aliphatic carbocycles. The average molecular weight is 456 g/mol. The van der Waals surface area contributed by atoms with Crippen LogP contribution in [0, 0.1) is 5.92 Å². The van der Waals surface area contributed by atoms with Gasteiger partial charge in [0.05, 0.1) is 11.5 Å². The third-order valence-electron chi connectivity index (χ3n) is 6.22. The Morgan fingerprint density at radius 3 is 2.33 bits per heavy atom. The highest BCUT2D eigenvalue weighted by atomic mass is 35.5. The van der Waals surface area contributed by atoms with Gasteiger partial charge in [0.15, 0.2) is 9.84 Å². The number of benzene rings is 1. The van der Waals surface area contributed by atoms with Crippen LogP contribution in [0.3, 0.4) is 0 Å². The summed E-state index contributed by atoms with van der Waals surface area (Å²) in [5.74, 6) is 0.0919. The predicted octanol–water partition coefficient (Wildman–Crippen LogP) is 1.82. The van der Waals surface area contributed by atoms with E-state index in [9.17, 15) is 18.0 Å². The number of nitrogens with one attached hydrogen (secondary N) is 1. The third kappa shape index (κ3) is 5.53. The monoisotopic (exact) mass is 455 g/mol. The lowest BCUT2D eigenvalue weighted by Gasteiger charge is -2.39. The van der Waals surface area contributed by atoms with Gasteiger partial charge in [-0.1, -0.05) is 31.9 Å². The first-order valence-corrected chi connectivity index (χ1v) is 12.7. The van der Waals surface area contributed by atoms with Crippen LogP contribution >= 0.6 is 11.6 Å². The number of sulfone groups is 1. The Labute approximate surface area is 183 Å². The molecule has 9 heteroatoms. The Morgan fingerprint density at radius 2 is 1.80 bits per heavy atom.